The molecule has 12 heteroatoms. The Morgan fingerprint density at radius 1 is 0.583 bits per heavy atom. The minimum atomic E-state index is -1.86. The maximum Gasteiger partial charge on any atom is 0.189 e. The molecular formula is C12H24O12. The highest BCUT2D eigenvalue weighted by Gasteiger charge is 2.29. The van der Waals surface area contributed by atoms with E-state index >= 15 is 0 Å². The third-order valence-electron chi connectivity index (χ3n) is 2.78. The van der Waals surface area contributed by atoms with Gasteiger partial charge in [-0.2, -0.15) is 0 Å². The summed E-state index contributed by atoms with van der Waals surface area (Å²) in [5, 5.41) is 86.1. The van der Waals surface area contributed by atoms with E-state index < -0.39 is 74.6 Å². The molecule has 0 heterocycles. The molecule has 0 aliphatic carbocycles. The lowest BCUT2D eigenvalue weighted by Gasteiger charge is -2.19. The van der Waals surface area contributed by atoms with Crippen molar-refractivity contribution in [2.75, 3.05) is 26.4 Å². The average molecular weight is 360 g/mol. The Hall–Kier alpha value is -1.06. The van der Waals surface area contributed by atoms with Gasteiger partial charge in [0.1, 0.15) is 49.8 Å². The summed E-state index contributed by atoms with van der Waals surface area (Å²) < 4.78 is 0. The van der Waals surface area contributed by atoms with E-state index in [1.54, 1.807) is 0 Å². The molecule has 0 saturated carbocycles. The first-order valence-corrected chi connectivity index (χ1v) is 6.66. The molecular weight excluding hydrogens is 336 g/mol. The van der Waals surface area contributed by atoms with Gasteiger partial charge in [-0.3, -0.25) is 9.59 Å². The minimum absolute atomic E-state index is 0.767. The molecule has 6 atom stereocenters. The zero-order valence-corrected chi connectivity index (χ0v) is 12.6. The van der Waals surface area contributed by atoms with Gasteiger partial charge in [-0.1, -0.05) is 0 Å². The van der Waals surface area contributed by atoms with Crippen molar-refractivity contribution in [3.05, 3.63) is 0 Å². The molecule has 10 N–H and O–H groups in total. The molecule has 0 spiro atoms. The van der Waals surface area contributed by atoms with Gasteiger partial charge >= 0.3 is 0 Å². The largest absolute Gasteiger partial charge is 0.394 e. The lowest BCUT2D eigenvalue weighted by atomic mass is 10.1. The normalized spacial score (nSPS) is 18.4. The third kappa shape index (κ3) is 8.70. The number of aliphatic hydroxyl groups is 10. The van der Waals surface area contributed by atoms with Gasteiger partial charge in [0.15, 0.2) is 11.6 Å². The van der Waals surface area contributed by atoms with Gasteiger partial charge in [-0.05, 0) is 0 Å². The molecule has 24 heavy (non-hydrogen) atoms. The molecule has 0 bridgehead atoms. The molecule has 0 radical (unpaired) electrons. The molecule has 0 aliphatic rings. The fourth-order valence-electron chi connectivity index (χ4n) is 1.20. The summed E-state index contributed by atoms with van der Waals surface area (Å²) >= 11 is 0. The smallest absolute Gasteiger partial charge is 0.189 e. The number of hydrogen-bond acceptors (Lipinski definition) is 12. The van der Waals surface area contributed by atoms with Crippen LogP contribution in [0.5, 0.6) is 0 Å². The monoisotopic (exact) mass is 360 g/mol. The Balaban J connectivity index is 0. The first kappa shape index (κ1) is 25.2. The first-order chi connectivity index (χ1) is 11.1. The fraction of sp³-hybridized carbons (Fsp3) is 0.833. The second-order valence-electron chi connectivity index (χ2n) is 4.62. The number of ketones is 2. The molecule has 0 unspecified atom stereocenters. The number of rotatable bonds is 10. The number of hydrogen-bond donors (Lipinski definition) is 10. The summed E-state index contributed by atoms with van der Waals surface area (Å²) in [4.78, 5) is 21.0. The standard InChI is InChI=1S/2C6H12O6/c2*7-1-3(9)5(11)6(12)4(10)2-8/h2*3,5-9,11-12H,1-2H2/t2*3-,5-,6+/m11/s1. The molecule has 0 aliphatic heterocycles. The summed E-state index contributed by atoms with van der Waals surface area (Å²) in [6.45, 7) is -3.37. The van der Waals surface area contributed by atoms with Crippen LogP contribution in [0, 0.1) is 0 Å². The molecule has 0 aromatic carbocycles. The summed E-state index contributed by atoms with van der Waals surface area (Å²) in [6.07, 6.45) is -10.4. The Morgan fingerprint density at radius 3 is 1.00 bits per heavy atom. The zero-order valence-electron chi connectivity index (χ0n) is 12.6. The second kappa shape index (κ2) is 13.3. The van der Waals surface area contributed by atoms with Crippen molar-refractivity contribution >= 4 is 11.6 Å². The molecule has 0 fully saturated rings. The van der Waals surface area contributed by atoms with Gasteiger partial charge in [0, 0.05) is 0 Å². The van der Waals surface area contributed by atoms with Crippen LogP contribution in [-0.4, -0.2) is 126 Å². The molecule has 144 valence electrons. The van der Waals surface area contributed by atoms with Crippen molar-refractivity contribution in [2.45, 2.75) is 36.6 Å². The topological polar surface area (TPSA) is 236 Å². The summed E-state index contributed by atoms with van der Waals surface area (Å²) in [5.41, 5.74) is 0. The van der Waals surface area contributed by atoms with Crippen LogP contribution in [-0.2, 0) is 9.59 Å². The quantitative estimate of drug-likeness (QED) is 0.175. The van der Waals surface area contributed by atoms with Gasteiger partial charge in [0.25, 0.3) is 0 Å². The Bertz CT molecular complexity index is 328. The van der Waals surface area contributed by atoms with Crippen LogP contribution in [0.25, 0.3) is 0 Å². The van der Waals surface area contributed by atoms with E-state index in [0.29, 0.717) is 0 Å². The Morgan fingerprint density at radius 2 is 0.833 bits per heavy atom. The molecule has 12 nitrogen and oxygen atoms in total. The van der Waals surface area contributed by atoms with Crippen LogP contribution in [0.4, 0.5) is 0 Å². The van der Waals surface area contributed by atoms with Crippen LogP contribution in [0.1, 0.15) is 0 Å². The molecule has 0 saturated heterocycles. The molecule has 0 aromatic rings. The van der Waals surface area contributed by atoms with Crippen molar-refractivity contribution in [3.8, 4) is 0 Å². The highest BCUT2D eigenvalue weighted by atomic mass is 16.4. The van der Waals surface area contributed by atoms with E-state index in [1.807, 2.05) is 0 Å². The van der Waals surface area contributed by atoms with Crippen molar-refractivity contribution < 1.29 is 60.7 Å². The van der Waals surface area contributed by atoms with Crippen LogP contribution < -0.4 is 0 Å². The lowest BCUT2D eigenvalue weighted by molar-refractivity contribution is -0.143. The van der Waals surface area contributed by atoms with Gasteiger partial charge in [-0.15, -0.1) is 0 Å². The van der Waals surface area contributed by atoms with Crippen molar-refractivity contribution in [1.82, 2.24) is 0 Å². The molecule has 0 amide bonds. The maximum absolute atomic E-state index is 10.5. The lowest BCUT2D eigenvalue weighted by Crippen LogP contribution is -2.44. The van der Waals surface area contributed by atoms with Crippen LogP contribution in [0.15, 0.2) is 0 Å². The molecule has 0 aromatic heterocycles. The number of aliphatic hydroxyl groups excluding tert-OH is 10. The number of carbonyl (C=O) groups is 2. The van der Waals surface area contributed by atoms with E-state index in [0.717, 1.165) is 0 Å². The van der Waals surface area contributed by atoms with Gasteiger partial charge in [0.2, 0.25) is 0 Å². The molecule has 0 rings (SSSR count). The maximum atomic E-state index is 10.5. The minimum Gasteiger partial charge on any atom is -0.394 e. The van der Waals surface area contributed by atoms with Gasteiger partial charge in [0.05, 0.1) is 13.2 Å². The Labute approximate surface area is 136 Å². The highest BCUT2D eigenvalue weighted by molar-refractivity contribution is 5.84. The second-order valence-corrected chi connectivity index (χ2v) is 4.62. The van der Waals surface area contributed by atoms with Crippen molar-refractivity contribution in [1.29, 1.82) is 0 Å². The first-order valence-electron chi connectivity index (χ1n) is 6.66. The van der Waals surface area contributed by atoms with Crippen molar-refractivity contribution in [3.63, 3.8) is 0 Å². The Kier molecular flexibility index (Phi) is 13.9. The van der Waals surface area contributed by atoms with Crippen molar-refractivity contribution in [2.24, 2.45) is 0 Å². The SMILES string of the molecule is O=C(CO)[C@H](O)[C@H](O)[C@H](O)CO.O=C(CO)[C@H](O)[C@H](O)[C@H](O)CO. The van der Waals surface area contributed by atoms with Crippen LogP contribution in [0.3, 0.4) is 0 Å². The number of Topliss-reactive ketones (excluding diaryl/α,β-unsaturated/α-hetero) is 2. The summed E-state index contributed by atoms with van der Waals surface area (Å²) in [5.74, 6) is -2.01. The fourth-order valence-corrected chi connectivity index (χ4v) is 1.20. The van der Waals surface area contributed by atoms with Crippen LogP contribution in [0.2, 0.25) is 0 Å². The zero-order chi connectivity index (χ0) is 19.4. The average Bonchev–Trinajstić information content (AvgIpc) is 2.62. The summed E-state index contributed by atoms with van der Waals surface area (Å²) in [6, 6.07) is 0. The summed E-state index contributed by atoms with van der Waals surface area (Å²) in [7, 11) is 0. The predicted molar refractivity (Wildman–Crippen MR) is 74.4 cm³/mol. The third-order valence-corrected chi connectivity index (χ3v) is 2.78. The van der Waals surface area contributed by atoms with Crippen LogP contribution >= 0.6 is 0 Å². The number of carbonyl (C=O) groups excluding carboxylic acids is 2. The highest BCUT2D eigenvalue weighted by Crippen LogP contribution is 2.01. The van der Waals surface area contributed by atoms with Gasteiger partial charge in [-0.25, -0.2) is 0 Å². The van der Waals surface area contributed by atoms with E-state index in [9.17, 15) is 9.59 Å². The van der Waals surface area contributed by atoms with E-state index in [4.69, 9.17) is 51.1 Å². The van der Waals surface area contributed by atoms with E-state index in [-0.39, 0.29) is 0 Å². The van der Waals surface area contributed by atoms with Gasteiger partial charge < -0.3 is 51.1 Å². The van der Waals surface area contributed by atoms with E-state index in [1.165, 1.54) is 0 Å². The van der Waals surface area contributed by atoms with E-state index in [2.05, 4.69) is 0 Å². The predicted octanol–water partition coefficient (Wildman–Crippen LogP) is -6.75.